The molecular weight excluding hydrogens is 382 g/mol. The molecule has 0 spiro atoms. The standard InChI is InChI=1S/C20H14F2N4OS/c21-15-6-3-12(4-7-15)19-18(20(13-1-2-13)26(24-19)28-22)14-5-8-17-23-9-16(11-27)25(17)10-14/h3-11,13H,1-2H2. The van der Waals surface area contributed by atoms with E-state index in [0.717, 1.165) is 35.9 Å². The Hall–Kier alpha value is -3.00. The molecule has 3 aromatic heterocycles. The van der Waals surface area contributed by atoms with Crippen LogP contribution in [0.25, 0.3) is 28.0 Å². The van der Waals surface area contributed by atoms with Crippen LogP contribution in [0, 0.1) is 5.82 Å². The Bertz CT molecular complexity index is 1200. The largest absolute Gasteiger partial charge is 0.297 e. The highest BCUT2D eigenvalue weighted by atomic mass is 32.2. The molecule has 140 valence electrons. The smallest absolute Gasteiger partial charge is 0.187 e. The van der Waals surface area contributed by atoms with Crippen molar-refractivity contribution in [3.63, 3.8) is 0 Å². The van der Waals surface area contributed by atoms with Gasteiger partial charge in [0.15, 0.2) is 18.6 Å². The maximum absolute atomic E-state index is 13.7. The molecule has 1 aliphatic carbocycles. The van der Waals surface area contributed by atoms with Gasteiger partial charge in [-0.05, 0) is 49.2 Å². The fourth-order valence-electron chi connectivity index (χ4n) is 3.51. The summed E-state index contributed by atoms with van der Waals surface area (Å²) in [6, 6.07) is 9.70. The Labute approximate surface area is 163 Å². The number of carbonyl (C=O) groups is 1. The maximum atomic E-state index is 13.7. The van der Waals surface area contributed by atoms with Gasteiger partial charge in [-0.1, -0.05) is 0 Å². The average Bonchev–Trinajstić information content (AvgIpc) is 3.36. The molecular formula is C20H14F2N4OS. The lowest BCUT2D eigenvalue weighted by molar-refractivity contribution is 0.111. The molecule has 0 radical (unpaired) electrons. The van der Waals surface area contributed by atoms with Crippen molar-refractivity contribution in [3.05, 3.63) is 66.0 Å². The SMILES string of the molecule is O=Cc1cnc2ccc(-c3c(-c4ccc(F)cc4)nn(SF)c3C3CC3)cn12. The van der Waals surface area contributed by atoms with E-state index in [4.69, 9.17) is 0 Å². The number of hydrogen-bond donors (Lipinski definition) is 0. The monoisotopic (exact) mass is 396 g/mol. The van der Waals surface area contributed by atoms with Gasteiger partial charge in [0.2, 0.25) is 0 Å². The minimum absolute atomic E-state index is 0.0603. The molecule has 0 atom stereocenters. The van der Waals surface area contributed by atoms with Gasteiger partial charge in [0, 0.05) is 28.8 Å². The Kier molecular flexibility index (Phi) is 4.01. The van der Waals surface area contributed by atoms with E-state index in [1.165, 1.54) is 22.4 Å². The topological polar surface area (TPSA) is 52.2 Å². The number of rotatable bonds is 5. The highest BCUT2D eigenvalue weighted by Gasteiger charge is 2.34. The second kappa shape index (κ2) is 6.56. The highest BCUT2D eigenvalue weighted by molar-refractivity contribution is 7.92. The molecule has 1 saturated carbocycles. The van der Waals surface area contributed by atoms with Crippen LogP contribution in [0.3, 0.4) is 0 Å². The predicted molar refractivity (Wildman–Crippen MR) is 103 cm³/mol. The van der Waals surface area contributed by atoms with Crippen molar-refractivity contribution in [2.45, 2.75) is 18.8 Å². The van der Waals surface area contributed by atoms with Gasteiger partial charge >= 0.3 is 0 Å². The molecule has 0 amide bonds. The van der Waals surface area contributed by atoms with E-state index < -0.39 is 0 Å². The molecule has 8 heteroatoms. The third-order valence-electron chi connectivity index (χ3n) is 4.98. The Morgan fingerprint density at radius 3 is 2.54 bits per heavy atom. The van der Waals surface area contributed by atoms with Gasteiger partial charge in [-0.25, -0.2) is 9.37 Å². The molecule has 0 bridgehead atoms. The van der Waals surface area contributed by atoms with Crippen LogP contribution in [-0.2, 0) is 0 Å². The number of carbonyl (C=O) groups excluding carboxylic acids is 1. The van der Waals surface area contributed by atoms with Crippen LogP contribution >= 0.6 is 12.3 Å². The number of aromatic nitrogens is 4. The van der Waals surface area contributed by atoms with E-state index in [1.54, 1.807) is 16.5 Å². The molecule has 4 aromatic rings. The normalized spacial score (nSPS) is 13.9. The number of nitrogens with zero attached hydrogens (tertiary/aromatic N) is 4. The van der Waals surface area contributed by atoms with Crippen LogP contribution in [0.1, 0.15) is 34.9 Å². The second-order valence-electron chi connectivity index (χ2n) is 6.78. The van der Waals surface area contributed by atoms with Crippen LogP contribution in [-0.4, -0.2) is 24.9 Å². The van der Waals surface area contributed by atoms with Crippen LogP contribution in [0.15, 0.2) is 48.8 Å². The summed E-state index contributed by atoms with van der Waals surface area (Å²) >= 11 is 0.0603. The summed E-state index contributed by atoms with van der Waals surface area (Å²) in [5.74, 6) is -0.119. The van der Waals surface area contributed by atoms with Crippen LogP contribution < -0.4 is 0 Å². The van der Waals surface area contributed by atoms with Crippen molar-refractivity contribution >= 4 is 24.3 Å². The van der Waals surface area contributed by atoms with E-state index in [-0.39, 0.29) is 24.1 Å². The van der Waals surface area contributed by atoms with Gasteiger partial charge in [0.1, 0.15) is 22.9 Å². The summed E-state index contributed by atoms with van der Waals surface area (Å²) in [7, 11) is 0. The van der Waals surface area contributed by atoms with Gasteiger partial charge in [-0.3, -0.25) is 9.20 Å². The van der Waals surface area contributed by atoms with Crippen LogP contribution in [0.2, 0.25) is 0 Å². The zero-order valence-corrected chi connectivity index (χ0v) is 15.4. The molecule has 3 heterocycles. The van der Waals surface area contributed by atoms with Crippen molar-refractivity contribution in [1.82, 2.24) is 18.6 Å². The van der Waals surface area contributed by atoms with Gasteiger partial charge in [-0.15, -0.1) is 3.89 Å². The molecule has 1 fully saturated rings. The fraction of sp³-hybridized carbons (Fsp3) is 0.150. The molecule has 1 aliphatic rings. The number of imidazole rings is 1. The van der Waals surface area contributed by atoms with E-state index in [1.807, 2.05) is 18.3 Å². The molecule has 0 saturated heterocycles. The fourth-order valence-corrected chi connectivity index (χ4v) is 3.94. The third-order valence-corrected chi connectivity index (χ3v) is 5.39. The zero-order valence-electron chi connectivity index (χ0n) is 14.5. The number of halogens is 2. The summed E-state index contributed by atoms with van der Waals surface area (Å²) in [6.07, 6.45) is 6.00. The van der Waals surface area contributed by atoms with Gasteiger partial charge in [-0.2, -0.15) is 9.19 Å². The average molecular weight is 396 g/mol. The van der Waals surface area contributed by atoms with Crippen molar-refractivity contribution in [2.24, 2.45) is 0 Å². The Balaban J connectivity index is 1.78. The number of benzene rings is 1. The Morgan fingerprint density at radius 2 is 1.86 bits per heavy atom. The van der Waals surface area contributed by atoms with Crippen molar-refractivity contribution in [1.29, 1.82) is 0 Å². The first-order valence-corrected chi connectivity index (χ1v) is 9.47. The molecule has 0 aliphatic heterocycles. The van der Waals surface area contributed by atoms with E-state index in [0.29, 0.717) is 22.6 Å². The lowest BCUT2D eigenvalue weighted by atomic mass is 9.98. The lowest BCUT2D eigenvalue weighted by Crippen LogP contribution is -1.96. The molecule has 28 heavy (non-hydrogen) atoms. The van der Waals surface area contributed by atoms with Gasteiger partial charge in [0.05, 0.1) is 11.9 Å². The molecule has 0 N–H and O–H groups in total. The van der Waals surface area contributed by atoms with Crippen LogP contribution in [0.5, 0.6) is 0 Å². The third kappa shape index (κ3) is 2.72. The van der Waals surface area contributed by atoms with E-state index >= 15 is 0 Å². The molecule has 5 rings (SSSR count). The maximum Gasteiger partial charge on any atom is 0.187 e. The molecule has 5 nitrogen and oxygen atoms in total. The Morgan fingerprint density at radius 1 is 1.11 bits per heavy atom. The van der Waals surface area contributed by atoms with Gasteiger partial charge in [0.25, 0.3) is 0 Å². The van der Waals surface area contributed by atoms with Gasteiger partial charge < -0.3 is 0 Å². The van der Waals surface area contributed by atoms with Crippen molar-refractivity contribution in [2.75, 3.05) is 0 Å². The summed E-state index contributed by atoms with van der Waals surface area (Å²) < 4.78 is 30.1. The van der Waals surface area contributed by atoms with Crippen molar-refractivity contribution in [3.8, 4) is 22.4 Å². The zero-order chi connectivity index (χ0) is 19.3. The first-order chi connectivity index (χ1) is 13.7. The first kappa shape index (κ1) is 17.1. The van der Waals surface area contributed by atoms with E-state index in [9.17, 15) is 13.1 Å². The highest BCUT2D eigenvalue weighted by Crippen LogP contribution is 2.48. The van der Waals surface area contributed by atoms with Crippen LogP contribution in [0.4, 0.5) is 8.28 Å². The number of pyridine rings is 1. The predicted octanol–water partition coefficient (Wildman–Crippen LogP) is 5.07. The number of aldehydes is 1. The summed E-state index contributed by atoms with van der Waals surface area (Å²) in [4.78, 5) is 15.5. The second-order valence-corrected chi connectivity index (χ2v) is 7.26. The minimum atomic E-state index is -0.345. The first-order valence-electron chi connectivity index (χ1n) is 8.80. The number of hydrogen-bond acceptors (Lipinski definition) is 4. The summed E-state index contributed by atoms with van der Waals surface area (Å²) in [5.41, 5.74) is 4.77. The molecule has 1 aromatic carbocycles. The summed E-state index contributed by atoms with van der Waals surface area (Å²) in [6.45, 7) is 0. The van der Waals surface area contributed by atoms with E-state index in [2.05, 4.69) is 10.1 Å². The lowest BCUT2D eigenvalue weighted by Gasteiger charge is -2.08. The minimum Gasteiger partial charge on any atom is -0.297 e. The quantitative estimate of drug-likeness (QED) is 0.442. The number of fused-ring (bicyclic) bond motifs is 1. The molecule has 0 unspecified atom stereocenters. The summed E-state index contributed by atoms with van der Waals surface area (Å²) in [5, 5.41) is 4.46. The van der Waals surface area contributed by atoms with Crippen molar-refractivity contribution < 1.29 is 13.1 Å².